The highest BCUT2D eigenvalue weighted by Gasteiger charge is 2.21. The average Bonchev–Trinajstić information content (AvgIpc) is 2.96. The summed E-state index contributed by atoms with van der Waals surface area (Å²) in [4.78, 5) is 24.7. The molecule has 0 aliphatic carbocycles. The molecule has 1 N–H and O–H groups in total. The zero-order valence-electron chi connectivity index (χ0n) is 15.6. The number of para-hydroxylation sites is 1. The number of halogens is 1. The van der Waals surface area contributed by atoms with Crippen molar-refractivity contribution in [2.75, 3.05) is 0 Å². The number of carbonyl (C=O) groups excluding carboxylic acids is 1. The standard InChI is InChI=1S/C20H19FN4O3/c1-20(2,3)28-19(27)23-22-17-16(14-11-7-8-12-15(14)21)24-25(18(17)26)13-9-5-4-6-10-13/h4-12,24H,1-3H3. The largest absolute Gasteiger partial charge is 0.452 e. The second kappa shape index (κ2) is 7.59. The van der Waals surface area contributed by atoms with Crippen LogP contribution < -0.4 is 5.56 Å². The molecule has 0 spiro atoms. The van der Waals surface area contributed by atoms with Gasteiger partial charge in [0, 0.05) is 5.56 Å². The van der Waals surface area contributed by atoms with Crippen molar-refractivity contribution >= 4 is 11.8 Å². The SMILES string of the molecule is CC(C)(C)OC(=O)N=Nc1c(-c2ccccc2F)[nH]n(-c2ccccc2)c1=O. The second-order valence-corrected chi connectivity index (χ2v) is 6.97. The van der Waals surface area contributed by atoms with E-state index in [2.05, 4.69) is 15.3 Å². The van der Waals surface area contributed by atoms with E-state index >= 15 is 0 Å². The number of aromatic nitrogens is 2. The molecule has 0 unspecified atom stereocenters. The number of benzene rings is 2. The number of carbonyl (C=O) groups is 1. The van der Waals surface area contributed by atoms with E-state index in [1.54, 1.807) is 57.2 Å². The Bertz CT molecular complexity index is 1080. The maximum Gasteiger partial charge on any atom is 0.452 e. The van der Waals surface area contributed by atoms with E-state index in [4.69, 9.17) is 4.74 Å². The van der Waals surface area contributed by atoms with E-state index in [-0.39, 0.29) is 16.9 Å². The number of H-pyrrole nitrogens is 1. The Morgan fingerprint density at radius 1 is 1.07 bits per heavy atom. The molecular weight excluding hydrogens is 363 g/mol. The van der Waals surface area contributed by atoms with E-state index in [0.717, 1.165) is 0 Å². The van der Waals surface area contributed by atoms with Gasteiger partial charge in [0.05, 0.1) is 11.4 Å². The third-order valence-corrected chi connectivity index (χ3v) is 3.65. The minimum atomic E-state index is -0.946. The van der Waals surface area contributed by atoms with E-state index in [1.807, 2.05) is 0 Å². The number of aromatic amines is 1. The van der Waals surface area contributed by atoms with E-state index in [9.17, 15) is 14.0 Å². The summed E-state index contributed by atoms with van der Waals surface area (Å²) in [5.41, 5.74) is -0.751. The maximum absolute atomic E-state index is 14.3. The molecule has 0 aliphatic rings. The van der Waals surface area contributed by atoms with E-state index in [0.29, 0.717) is 5.69 Å². The van der Waals surface area contributed by atoms with Crippen LogP contribution in [0.1, 0.15) is 20.8 Å². The molecule has 0 aliphatic heterocycles. The first kappa shape index (κ1) is 19.2. The van der Waals surface area contributed by atoms with Gasteiger partial charge in [-0.1, -0.05) is 35.4 Å². The van der Waals surface area contributed by atoms with E-state index in [1.165, 1.54) is 22.9 Å². The van der Waals surface area contributed by atoms with Crippen molar-refractivity contribution in [1.82, 2.24) is 9.78 Å². The molecule has 0 saturated carbocycles. The predicted octanol–water partition coefficient (Wildman–Crippen LogP) is 4.99. The van der Waals surface area contributed by atoms with Crippen LogP contribution in [0.15, 0.2) is 69.6 Å². The normalized spacial score (nSPS) is 11.7. The maximum atomic E-state index is 14.3. The quantitative estimate of drug-likeness (QED) is 0.647. The molecule has 3 rings (SSSR count). The molecule has 3 aromatic rings. The fraction of sp³-hybridized carbons (Fsp3) is 0.200. The molecule has 1 amide bonds. The van der Waals surface area contributed by atoms with Gasteiger partial charge in [0.1, 0.15) is 11.4 Å². The van der Waals surface area contributed by atoms with Gasteiger partial charge in [0.2, 0.25) is 0 Å². The van der Waals surface area contributed by atoms with Gasteiger partial charge < -0.3 is 4.74 Å². The molecule has 0 bridgehead atoms. The molecule has 2 aromatic carbocycles. The van der Waals surface area contributed by atoms with Gasteiger partial charge in [-0.15, -0.1) is 5.11 Å². The van der Waals surface area contributed by atoms with Crippen LogP contribution in [-0.4, -0.2) is 21.5 Å². The summed E-state index contributed by atoms with van der Waals surface area (Å²) in [6, 6.07) is 14.7. The Balaban J connectivity index is 2.12. The van der Waals surface area contributed by atoms with Gasteiger partial charge in [0.25, 0.3) is 5.56 Å². The Morgan fingerprint density at radius 3 is 2.36 bits per heavy atom. The van der Waals surface area contributed by atoms with E-state index < -0.39 is 23.1 Å². The lowest BCUT2D eigenvalue weighted by Crippen LogP contribution is -2.21. The lowest BCUT2D eigenvalue weighted by molar-refractivity contribution is 0.0592. The van der Waals surface area contributed by atoms with Crippen LogP contribution in [0.2, 0.25) is 0 Å². The summed E-state index contributed by atoms with van der Waals surface area (Å²) < 4.78 is 20.6. The number of ether oxygens (including phenoxy) is 1. The summed E-state index contributed by atoms with van der Waals surface area (Å²) >= 11 is 0. The Labute approximate surface area is 160 Å². The topological polar surface area (TPSA) is 88.8 Å². The molecule has 1 aromatic heterocycles. The summed E-state index contributed by atoms with van der Waals surface area (Å²) in [5, 5.41) is 10.1. The third kappa shape index (κ3) is 4.22. The zero-order chi connectivity index (χ0) is 20.3. The van der Waals surface area contributed by atoms with Gasteiger partial charge >= 0.3 is 6.09 Å². The van der Waals surface area contributed by atoms with Gasteiger partial charge in [-0.2, -0.15) is 0 Å². The first-order valence-electron chi connectivity index (χ1n) is 8.56. The van der Waals surface area contributed by atoms with Crippen LogP contribution >= 0.6 is 0 Å². The summed E-state index contributed by atoms with van der Waals surface area (Å²) in [6.07, 6.45) is -0.946. The smallest absolute Gasteiger partial charge is 0.441 e. The number of nitrogens with one attached hydrogen (secondary N) is 1. The third-order valence-electron chi connectivity index (χ3n) is 3.65. The van der Waals surface area contributed by atoms with Crippen molar-refractivity contribution in [3.8, 4) is 16.9 Å². The number of amides is 1. The van der Waals surface area contributed by atoms with Gasteiger partial charge in [0.15, 0.2) is 5.69 Å². The Kier molecular flexibility index (Phi) is 5.21. The van der Waals surface area contributed by atoms with Crippen LogP contribution in [0.3, 0.4) is 0 Å². The fourth-order valence-corrected chi connectivity index (χ4v) is 2.50. The fourth-order valence-electron chi connectivity index (χ4n) is 2.50. The summed E-state index contributed by atoms with van der Waals surface area (Å²) in [5.74, 6) is -0.544. The van der Waals surface area contributed by atoms with Crippen molar-refractivity contribution in [1.29, 1.82) is 0 Å². The number of hydrogen-bond acceptors (Lipinski definition) is 4. The van der Waals surface area contributed by atoms with Crippen molar-refractivity contribution in [3.05, 3.63) is 70.8 Å². The molecule has 0 fully saturated rings. The molecule has 7 nitrogen and oxygen atoms in total. The average molecular weight is 382 g/mol. The molecule has 1 heterocycles. The minimum absolute atomic E-state index is 0.110. The lowest BCUT2D eigenvalue weighted by atomic mass is 10.1. The van der Waals surface area contributed by atoms with Crippen molar-refractivity contribution < 1.29 is 13.9 Å². The summed E-state index contributed by atoms with van der Waals surface area (Å²) in [7, 11) is 0. The van der Waals surface area contributed by atoms with Crippen LogP contribution in [0.5, 0.6) is 0 Å². The molecule has 144 valence electrons. The van der Waals surface area contributed by atoms with Gasteiger partial charge in [-0.25, -0.2) is 13.9 Å². The van der Waals surface area contributed by atoms with Crippen molar-refractivity contribution in [3.63, 3.8) is 0 Å². The Morgan fingerprint density at radius 2 is 1.71 bits per heavy atom. The molecule has 0 saturated heterocycles. The van der Waals surface area contributed by atoms with Crippen molar-refractivity contribution in [2.45, 2.75) is 26.4 Å². The molecule has 8 heteroatoms. The predicted molar refractivity (Wildman–Crippen MR) is 103 cm³/mol. The second-order valence-electron chi connectivity index (χ2n) is 6.97. The van der Waals surface area contributed by atoms with Crippen LogP contribution in [0.25, 0.3) is 16.9 Å². The Hall–Kier alpha value is -3.55. The lowest BCUT2D eigenvalue weighted by Gasteiger charge is -2.16. The first-order valence-corrected chi connectivity index (χ1v) is 8.56. The minimum Gasteiger partial charge on any atom is -0.441 e. The number of hydrogen-bond donors (Lipinski definition) is 1. The highest BCUT2D eigenvalue weighted by Crippen LogP contribution is 2.29. The number of nitrogens with zero attached hydrogens (tertiary/aromatic N) is 3. The van der Waals surface area contributed by atoms with Crippen molar-refractivity contribution in [2.24, 2.45) is 10.2 Å². The molecular formula is C20H19FN4O3. The van der Waals surface area contributed by atoms with Gasteiger partial charge in [-0.3, -0.25) is 9.89 Å². The van der Waals surface area contributed by atoms with Crippen LogP contribution in [0, 0.1) is 5.82 Å². The zero-order valence-corrected chi connectivity index (χ0v) is 15.6. The molecule has 0 radical (unpaired) electrons. The number of rotatable bonds is 3. The van der Waals surface area contributed by atoms with Crippen LogP contribution in [-0.2, 0) is 4.74 Å². The first-order chi connectivity index (χ1) is 13.3. The number of azo groups is 1. The monoisotopic (exact) mass is 382 g/mol. The molecule has 0 atom stereocenters. The summed E-state index contributed by atoms with van der Waals surface area (Å²) in [6.45, 7) is 5.05. The highest BCUT2D eigenvalue weighted by molar-refractivity contribution is 5.74. The molecule has 28 heavy (non-hydrogen) atoms. The highest BCUT2D eigenvalue weighted by atomic mass is 19.1. The van der Waals surface area contributed by atoms with Gasteiger partial charge in [-0.05, 0) is 45.0 Å². The van der Waals surface area contributed by atoms with Crippen LogP contribution in [0.4, 0.5) is 14.9 Å².